The number of hydrogen-bond acceptors (Lipinski definition) is 30. The van der Waals surface area contributed by atoms with Gasteiger partial charge in [-0.2, -0.15) is 0 Å². The van der Waals surface area contributed by atoms with E-state index in [0.717, 1.165) is 12.8 Å². The largest absolute Gasteiger partial charge is 0.432 e. The number of carbonyl (C=O) groups is 1. The molecule has 0 bridgehead atoms. The lowest BCUT2D eigenvalue weighted by molar-refractivity contribution is -0.382. The Morgan fingerprint density at radius 3 is 1.73 bits per heavy atom. The number of ether oxygens (including phenoxy) is 12. The van der Waals surface area contributed by atoms with Crippen LogP contribution in [-0.4, -0.2) is 304 Å². The van der Waals surface area contributed by atoms with Crippen LogP contribution in [0.1, 0.15) is 120 Å². The summed E-state index contributed by atoms with van der Waals surface area (Å²) < 4.78 is 71.9. The maximum absolute atomic E-state index is 15.5. The Bertz CT molecular complexity index is 2640. The Morgan fingerprint density at radius 1 is 0.500 bits per heavy atom. The van der Waals surface area contributed by atoms with Crippen molar-refractivity contribution < 1.29 is 148 Å². The van der Waals surface area contributed by atoms with Crippen LogP contribution in [0.5, 0.6) is 0 Å². The molecular weight excluding hydrogens is 1250 g/mol. The van der Waals surface area contributed by atoms with Crippen LogP contribution in [0.3, 0.4) is 0 Å². The molecule has 17 N–H and O–H groups in total. The molecule has 540 valence electrons. The molecule has 10 fully saturated rings. The van der Waals surface area contributed by atoms with Crippen LogP contribution in [0, 0.1) is 50.2 Å². The van der Waals surface area contributed by atoms with Gasteiger partial charge < -0.3 is 144 Å². The normalized spacial score (nSPS) is 54.2. The second-order valence-electron chi connectivity index (χ2n) is 31.0. The molecule has 0 aromatic heterocycles. The van der Waals surface area contributed by atoms with Crippen LogP contribution in [0.15, 0.2) is 11.6 Å². The first kappa shape index (κ1) is 73.3. The molecule has 30 nitrogen and oxygen atoms in total. The minimum absolute atomic E-state index is 0.0404. The third-order valence-electron chi connectivity index (χ3n) is 24.8. The van der Waals surface area contributed by atoms with Crippen molar-refractivity contribution in [3.05, 3.63) is 11.6 Å². The van der Waals surface area contributed by atoms with Crippen molar-refractivity contribution in [2.75, 3.05) is 33.0 Å². The predicted molar refractivity (Wildman–Crippen MR) is 315 cm³/mol. The number of carbonyl (C=O) groups excluding carboxylic acids is 1. The first-order chi connectivity index (χ1) is 44.1. The third kappa shape index (κ3) is 12.6. The molecule has 0 amide bonds. The summed E-state index contributed by atoms with van der Waals surface area (Å²) in [5.74, 6) is -0.783. The molecule has 4 saturated carbocycles. The van der Waals surface area contributed by atoms with Gasteiger partial charge in [0, 0.05) is 0 Å². The predicted octanol–water partition coefficient (Wildman–Crippen LogP) is -4.08. The Kier molecular flexibility index (Phi) is 21.4. The summed E-state index contributed by atoms with van der Waals surface area (Å²) in [6, 6.07) is 0. The van der Waals surface area contributed by atoms with Gasteiger partial charge >= 0.3 is 5.97 Å². The Hall–Kier alpha value is -1.91. The molecule has 0 radical (unpaired) electrons. The fourth-order valence-corrected chi connectivity index (χ4v) is 18.8. The van der Waals surface area contributed by atoms with Crippen molar-refractivity contribution >= 4 is 5.97 Å². The molecule has 30 heteroatoms. The van der Waals surface area contributed by atoms with Crippen molar-refractivity contribution in [3.8, 4) is 0 Å². The lowest BCUT2D eigenvalue weighted by atomic mass is 9.33. The minimum atomic E-state index is -1.96. The van der Waals surface area contributed by atoms with Gasteiger partial charge in [-0.25, -0.2) is 0 Å². The Balaban J connectivity index is 0.807. The lowest BCUT2D eigenvalue weighted by Gasteiger charge is -2.71. The number of aliphatic hydroxyl groups is 17. The van der Waals surface area contributed by atoms with Crippen molar-refractivity contribution in [1.29, 1.82) is 0 Å². The zero-order valence-electron chi connectivity index (χ0n) is 54.6. The van der Waals surface area contributed by atoms with E-state index >= 15 is 4.79 Å². The van der Waals surface area contributed by atoms with E-state index in [-0.39, 0.29) is 34.0 Å². The molecule has 6 heterocycles. The van der Waals surface area contributed by atoms with E-state index in [4.69, 9.17) is 56.8 Å². The first-order valence-corrected chi connectivity index (χ1v) is 33.5. The molecule has 0 aromatic rings. The average Bonchev–Trinajstić information content (AvgIpc) is 0.676. The van der Waals surface area contributed by atoms with E-state index in [0.29, 0.717) is 51.4 Å². The van der Waals surface area contributed by atoms with E-state index in [2.05, 4.69) is 54.5 Å². The van der Waals surface area contributed by atoms with E-state index < -0.39 is 233 Å². The van der Waals surface area contributed by atoms with E-state index in [1.54, 1.807) is 0 Å². The van der Waals surface area contributed by atoms with Gasteiger partial charge in [0.15, 0.2) is 31.5 Å². The van der Waals surface area contributed by atoms with Gasteiger partial charge in [-0.1, -0.05) is 60.1 Å². The van der Waals surface area contributed by atoms with Crippen LogP contribution in [0.2, 0.25) is 0 Å². The smallest absolute Gasteiger partial charge is 0.315 e. The van der Waals surface area contributed by atoms with E-state index in [1.165, 1.54) is 12.5 Å². The molecule has 94 heavy (non-hydrogen) atoms. The molecule has 11 rings (SSSR count). The molecular formula is C64H104O30. The van der Waals surface area contributed by atoms with Crippen LogP contribution >= 0.6 is 0 Å². The summed E-state index contributed by atoms with van der Waals surface area (Å²) in [7, 11) is 0. The maximum atomic E-state index is 15.5. The SMILES string of the molecule is C[C@@H]1O[C@@H](O[C@H]2[C@H](O)[C@@H](O)[C@H](OC(=O)[C@]34CCC(C)(C)C[C@H]3C3=CC[C@@H]5[C@@]6(C)CC[C@H](O[C@@H]7O[C@H](CO)[C@@H](O)[C@H](O)[C@H]7O[C@@H]7OC[C@@H](O)[C@H](O[C@@H]8O[C@H](CO)[C@@H](O)[C@H](O)[C@H]8O)[C@H]7O)C(C)(C)[C@@H]6CC[C@@]5(C)[C@]3(C)CC4)O[C@@H]2CO[C@@H]2OC[C@H](O)[C@H](O)[C@H]2O)[C@H](O)[C@H](O)[C@H]1O. The van der Waals surface area contributed by atoms with Gasteiger partial charge in [-0.05, 0) is 116 Å². The summed E-state index contributed by atoms with van der Waals surface area (Å²) in [6.45, 7) is 14.1. The number of aliphatic hydroxyl groups excluding tert-OH is 17. The summed E-state index contributed by atoms with van der Waals surface area (Å²) >= 11 is 0. The highest BCUT2D eigenvalue weighted by atomic mass is 16.8. The van der Waals surface area contributed by atoms with Crippen LogP contribution in [0.4, 0.5) is 0 Å². The standard InChI is InChI=1S/C64H104O30/c1-25-36(69)40(73)45(78)54(86-25)92-50-32(24-85-52-44(77)37(70)28(67)22-83-52)89-56(47(80)43(50)76)94-58(82)64-17-15-59(2,3)19-27(64)26-9-10-34-61(6)13-12-35(60(4,5)33(61)11-14-63(34,8)62(26,7)16-18-64)90-57-51(42(75)39(72)31(21-66)88-57)93-53-48(81)49(29(68)23-84-53)91-55-46(79)41(74)38(71)30(20-65)87-55/h9,25,27-57,65-81H,10-24H2,1-8H3/t25-,27-,28-,29+,30+,31+,32+,33-,34+,35-,36-,37-,38+,39+,40+,41-,42-,43+,44+,45+,46+,47+,48+,49-,50+,51+,52-,53-,54-,55-,56-,57-,61-,62+,63+,64-/m0/s1. The molecule has 0 unspecified atom stereocenters. The minimum Gasteiger partial charge on any atom is -0.432 e. The zero-order chi connectivity index (χ0) is 68.4. The highest BCUT2D eigenvalue weighted by Gasteiger charge is 2.71. The second-order valence-corrected chi connectivity index (χ2v) is 31.0. The van der Waals surface area contributed by atoms with E-state index in [9.17, 15) is 86.8 Å². The fourth-order valence-electron chi connectivity index (χ4n) is 18.8. The van der Waals surface area contributed by atoms with Crippen molar-refractivity contribution in [2.24, 2.45) is 50.2 Å². The van der Waals surface area contributed by atoms with E-state index in [1.807, 2.05) is 0 Å². The van der Waals surface area contributed by atoms with Crippen LogP contribution < -0.4 is 0 Å². The molecule has 0 aromatic carbocycles. The molecule has 6 aliphatic heterocycles. The zero-order valence-corrected chi connectivity index (χ0v) is 54.6. The number of esters is 1. The molecule has 36 atom stereocenters. The number of fused-ring (bicyclic) bond motifs is 7. The van der Waals surface area contributed by atoms with Crippen molar-refractivity contribution in [2.45, 2.75) is 298 Å². The van der Waals surface area contributed by atoms with Gasteiger partial charge in [0.1, 0.15) is 128 Å². The summed E-state index contributed by atoms with van der Waals surface area (Å²) in [5, 5.41) is 184. The highest BCUT2D eigenvalue weighted by molar-refractivity contribution is 5.79. The number of hydrogen-bond donors (Lipinski definition) is 17. The molecule has 5 aliphatic carbocycles. The summed E-state index contributed by atoms with van der Waals surface area (Å²) in [6.07, 6.45) is -38.1. The van der Waals surface area contributed by atoms with Crippen molar-refractivity contribution in [1.82, 2.24) is 0 Å². The lowest BCUT2D eigenvalue weighted by Crippen LogP contribution is -2.67. The summed E-state index contributed by atoms with van der Waals surface area (Å²) in [4.78, 5) is 15.5. The van der Waals surface area contributed by atoms with Gasteiger partial charge in [0.25, 0.3) is 0 Å². The number of rotatable bonds is 15. The first-order valence-electron chi connectivity index (χ1n) is 33.5. The molecule has 11 aliphatic rings. The van der Waals surface area contributed by atoms with Crippen LogP contribution in [0.25, 0.3) is 0 Å². The van der Waals surface area contributed by atoms with Gasteiger partial charge in [-0.15, -0.1) is 0 Å². The third-order valence-corrected chi connectivity index (χ3v) is 24.8. The second kappa shape index (κ2) is 27.5. The topological polar surface area (TPSA) is 472 Å². The van der Waals surface area contributed by atoms with Crippen LogP contribution in [-0.2, 0) is 61.6 Å². The molecule has 6 saturated heterocycles. The highest BCUT2D eigenvalue weighted by Crippen LogP contribution is 2.76. The van der Waals surface area contributed by atoms with Gasteiger partial charge in [0.05, 0.1) is 50.7 Å². The fraction of sp³-hybridized carbons (Fsp3) is 0.953. The summed E-state index contributed by atoms with van der Waals surface area (Å²) in [5.41, 5.74) is -1.75. The monoisotopic (exact) mass is 1350 g/mol. The van der Waals surface area contributed by atoms with Gasteiger partial charge in [-0.3, -0.25) is 4.79 Å². The Morgan fingerprint density at radius 2 is 1.05 bits per heavy atom. The van der Waals surface area contributed by atoms with Gasteiger partial charge in [0.2, 0.25) is 6.29 Å². The Labute approximate surface area is 545 Å². The van der Waals surface area contributed by atoms with Crippen molar-refractivity contribution in [3.63, 3.8) is 0 Å². The number of allylic oxidation sites excluding steroid dienone is 2. The maximum Gasteiger partial charge on any atom is 0.315 e. The molecule has 0 spiro atoms. The quantitative estimate of drug-likeness (QED) is 0.0421. The average molecular weight is 1350 g/mol.